The van der Waals surface area contributed by atoms with Crippen LogP contribution in [0.15, 0.2) is 95.2 Å². The van der Waals surface area contributed by atoms with Crippen molar-refractivity contribution in [2.24, 2.45) is 0 Å². The molecule has 12 nitrogen and oxygen atoms in total. The van der Waals surface area contributed by atoms with Gasteiger partial charge in [-0.2, -0.15) is 0 Å². The predicted octanol–water partition coefficient (Wildman–Crippen LogP) is 10.6. The van der Waals surface area contributed by atoms with Gasteiger partial charge in [0, 0.05) is 58.0 Å². The number of hydrogen-bond donors (Lipinski definition) is 2. The van der Waals surface area contributed by atoms with Crippen molar-refractivity contribution in [1.82, 2.24) is 19.9 Å². The summed E-state index contributed by atoms with van der Waals surface area (Å²) >= 11 is 34.7. The van der Waals surface area contributed by atoms with E-state index in [1.807, 2.05) is 6.92 Å². The van der Waals surface area contributed by atoms with Crippen LogP contribution in [-0.4, -0.2) is 48.3 Å². The number of anilines is 2. The monoisotopic (exact) mass is 974 g/mol. The van der Waals surface area contributed by atoms with Crippen LogP contribution in [0.1, 0.15) is 54.6 Å². The van der Waals surface area contributed by atoms with Crippen molar-refractivity contribution in [2.45, 2.75) is 37.5 Å². The zero-order valence-electron chi connectivity index (χ0n) is 30.9. The molecule has 4 aromatic heterocycles. The molecule has 21 heteroatoms. The fourth-order valence-electron chi connectivity index (χ4n) is 5.13. The van der Waals surface area contributed by atoms with E-state index in [0.29, 0.717) is 38.1 Å². The summed E-state index contributed by atoms with van der Waals surface area (Å²) < 4.78 is 49.5. The lowest BCUT2D eigenvalue weighted by Crippen LogP contribution is -2.18. The fraction of sp³-hybridized carbons (Fsp3) is 0.105. The van der Waals surface area contributed by atoms with Crippen molar-refractivity contribution in [2.75, 3.05) is 10.5 Å². The number of aryl methyl sites for hydroxylation is 4. The Kier molecular flexibility index (Phi) is 16.1. The molecule has 0 aliphatic carbocycles. The second-order valence-electron chi connectivity index (χ2n) is 12.2. The van der Waals surface area contributed by atoms with Crippen LogP contribution >= 0.6 is 80.3 Å². The fourth-order valence-corrected chi connectivity index (χ4v) is 8.04. The Balaban J connectivity index is 0.000000217. The summed E-state index contributed by atoms with van der Waals surface area (Å²) in [7, 11) is -2.75. The van der Waals surface area contributed by atoms with Crippen LogP contribution in [0.25, 0.3) is 0 Å². The number of carbonyl (C=O) groups excluding carboxylic acids is 2. The number of pyridine rings is 4. The third-order valence-corrected chi connectivity index (χ3v) is 12.5. The van der Waals surface area contributed by atoms with Gasteiger partial charge in [0.15, 0.2) is 0 Å². The first kappa shape index (κ1) is 47.6. The lowest BCUT2D eigenvalue weighted by atomic mass is 10.0. The molecule has 0 aliphatic heterocycles. The van der Waals surface area contributed by atoms with Gasteiger partial charge >= 0.3 is 0 Å². The zero-order valence-corrected chi connectivity index (χ0v) is 37.8. The molecule has 0 amide bonds. The molecule has 3 N–H and O–H groups in total. The van der Waals surface area contributed by atoms with Gasteiger partial charge in [-0.05, 0) is 99.5 Å². The third-order valence-electron chi connectivity index (χ3n) is 7.94. The number of nitrogen functional groups attached to an aromatic ring is 1. The molecule has 59 heavy (non-hydrogen) atoms. The molecule has 6 aromatic rings. The number of rotatable bonds is 8. The minimum atomic E-state index is -4.09. The number of halogens is 7. The first-order valence-corrected chi connectivity index (χ1v) is 22.5. The second kappa shape index (κ2) is 20.0. The lowest BCUT2D eigenvalue weighted by Gasteiger charge is -2.14. The van der Waals surface area contributed by atoms with Crippen LogP contribution in [0.5, 0.6) is 0 Å². The van der Waals surface area contributed by atoms with Crippen molar-refractivity contribution in [3.63, 3.8) is 0 Å². The molecule has 0 unspecified atom stereocenters. The number of sulfonamides is 1. The van der Waals surface area contributed by atoms with E-state index in [4.69, 9.17) is 86.0 Å². The number of nitrogens with zero attached hydrogens (tertiary/aromatic N) is 4. The van der Waals surface area contributed by atoms with Crippen LogP contribution in [0.2, 0.25) is 30.1 Å². The highest BCUT2D eigenvalue weighted by Crippen LogP contribution is 2.30. The van der Waals surface area contributed by atoms with Crippen LogP contribution in [-0.2, 0) is 19.1 Å². The molecule has 308 valence electrons. The summed E-state index contributed by atoms with van der Waals surface area (Å²) in [5, 5.41) is 1.32. The van der Waals surface area contributed by atoms with E-state index in [1.54, 1.807) is 45.3 Å². The largest absolute Gasteiger partial charge is 0.397 e. The van der Waals surface area contributed by atoms with E-state index in [-0.39, 0.29) is 58.4 Å². The Labute approximate surface area is 374 Å². The van der Waals surface area contributed by atoms with Gasteiger partial charge in [0.05, 0.1) is 51.3 Å². The molecular weight excluding hydrogens is 949 g/mol. The van der Waals surface area contributed by atoms with Gasteiger partial charge in [0.1, 0.15) is 11.4 Å². The van der Waals surface area contributed by atoms with E-state index < -0.39 is 24.9 Å². The number of benzene rings is 2. The molecule has 0 radical (unpaired) electrons. The predicted molar refractivity (Wildman–Crippen MR) is 234 cm³/mol. The van der Waals surface area contributed by atoms with Gasteiger partial charge in [0.25, 0.3) is 19.1 Å². The minimum Gasteiger partial charge on any atom is -0.397 e. The normalized spacial score (nSPS) is 11.1. The number of hydrogen-bond acceptors (Lipinski definition) is 11. The number of nitrogens with one attached hydrogen (secondary N) is 1. The number of carbonyl (C=O) groups is 2. The molecule has 4 heterocycles. The van der Waals surface area contributed by atoms with Gasteiger partial charge in [0.2, 0.25) is 11.6 Å². The van der Waals surface area contributed by atoms with Gasteiger partial charge in [-0.3, -0.25) is 24.3 Å². The standard InChI is InChI=1S/C19H14Cl3N3O3S.C13H12ClN3O.C6H3Cl3O2S/c1-10-5-6-23-11(2)17(10)19(26)18-16(7-12(20)9-24-18)25-29(27,28)13-3-4-14(21)15(22)8-13;1-7-3-4-16-8(2)11(7)13(18)12-10(15)5-9(14)6-17-12;7-5-2-1-4(3-6(5)8)12(9,10)11/h3-9,25H,1-2H3;3-6H,15H2,1-2H3;1-3H. The molecule has 0 spiro atoms. The first-order valence-electron chi connectivity index (χ1n) is 16.4. The Morgan fingerprint density at radius 1 is 0.576 bits per heavy atom. The SMILES string of the molecule is Cc1ccnc(C)c1C(=O)c1ncc(Cl)cc1N.Cc1ccnc(C)c1C(=O)c1ncc(Cl)cc1NS(=O)(=O)c1ccc(Cl)c(Cl)c1.O=S(=O)(Cl)c1ccc(Cl)c(Cl)c1. The maximum atomic E-state index is 13.1. The van der Waals surface area contributed by atoms with Gasteiger partial charge in [-0.1, -0.05) is 69.6 Å². The van der Waals surface area contributed by atoms with Gasteiger partial charge < -0.3 is 5.73 Å². The Morgan fingerprint density at radius 3 is 1.47 bits per heavy atom. The van der Waals surface area contributed by atoms with Crippen molar-refractivity contribution in [3.8, 4) is 0 Å². The topological polar surface area (TPSA) is 192 Å². The maximum absolute atomic E-state index is 13.1. The quantitative estimate of drug-likeness (QED) is 0.109. The van der Waals surface area contributed by atoms with Crippen molar-refractivity contribution >= 4 is 122 Å². The average Bonchev–Trinajstić information content (AvgIpc) is 3.13. The number of ketones is 2. The smallest absolute Gasteiger partial charge is 0.262 e. The summed E-state index contributed by atoms with van der Waals surface area (Å²) in [6, 6.07) is 14.0. The first-order chi connectivity index (χ1) is 27.5. The Bertz CT molecular complexity index is 2790. The Morgan fingerprint density at radius 2 is 1.02 bits per heavy atom. The molecule has 0 aliphatic rings. The van der Waals surface area contributed by atoms with Crippen molar-refractivity contribution in [1.29, 1.82) is 0 Å². The van der Waals surface area contributed by atoms with E-state index in [1.165, 1.54) is 60.9 Å². The summed E-state index contributed by atoms with van der Waals surface area (Å²) in [5.74, 6) is -0.705. The summed E-state index contributed by atoms with van der Waals surface area (Å²) in [4.78, 5) is 41.7. The highest BCUT2D eigenvalue weighted by atomic mass is 35.7. The molecule has 2 aromatic carbocycles. The van der Waals surface area contributed by atoms with Gasteiger partial charge in [-0.25, -0.2) is 26.8 Å². The van der Waals surface area contributed by atoms with Crippen molar-refractivity contribution < 1.29 is 26.4 Å². The molecular formula is C38H29Cl7N6O6S2. The van der Waals surface area contributed by atoms with E-state index in [9.17, 15) is 26.4 Å². The van der Waals surface area contributed by atoms with Crippen LogP contribution < -0.4 is 10.5 Å². The van der Waals surface area contributed by atoms with Crippen LogP contribution in [0.4, 0.5) is 11.4 Å². The third kappa shape index (κ3) is 12.2. The van der Waals surface area contributed by atoms with E-state index in [0.717, 1.165) is 5.56 Å². The molecule has 0 bridgehead atoms. The zero-order chi connectivity index (χ0) is 44.0. The highest BCUT2D eigenvalue weighted by molar-refractivity contribution is 8.13. The molecule has 0 saturated heterocycles. The molecule has 0 atom stereocenters. The van der Waals surface area contributed by atoms with Gasteiger partial charge in [-0.15, -0.1) is 0 Å². The highest BCUT2D eigenvalue weighted by Gasteiger charge is 2.25. The summed E-state index contributed by atoms with van der Waals surface area (Å²) in [5.41, 5.74) is 9.69. The van der Waals surface area contributed by atoms with Crippen molar-refractivity contribution in [3.05, 3.63) is 161 Å². The second-order valence-corrected chi connectivity index (χ2v) is 18.9. The summed E-state index contributed by atoms with van der Waals surface area (Å²) in [6.07, 6.45) is 5.93. The molecule has 0 saturated carbocycles. The van der Waals surface area contributed by atoms with Crippen LogP contribution in [0, 0.1) is 27.7 Å². The molecule has 0 fully saturated rings. The lowest BCUT2D eigenvalue weighted by molar-refractivity contribution is 0.102. The maximum Gasteiger partial charge on any atom is 0.262 e. The number of nitrogens with two attached hydrogens (primary N) is 1. The molecule has 6 rings (SSSR count). The average molecular weight is 978 g/mol. The van der Waals surface area contributed by atoms with E-state index in [2.05, 4.69) is 24.7 Å². The van der Waals surface area contributed by atoms with E-state index >= 15 is 0 Å². The van der Waals surface area contributed by atoms with Crippen LogP contribution in [0.3, 0.4) is 0 Å². The summed E-state index contributed by atoms with van der Waals surface area (Å²) in [6.45, 7) is 7.09. The minimum absolute atomic E-state index is 0.0569. The number of aromatic nitrogens is 4. The Hall–Kier alpha value is -4.09.